The van der Waals surface area contributed by atoms with E-state index in [4.69, 9.17) is 4.74 Å². The largest absolute Gasteiger partial charge is 0.492 e. The van der Waals surface area contributed by atoms with E-state index in [1.165, 1.54) is 0 Å². The van der Waals surface area contributed by atoms with Gasteiger partial charge < -0.3 is 15.0 Å². The molecule has 30 heavy (non-hydrogen) atoms. The summed E-state index contributed by atoms with van der Waals surface area (Å²) in [5.74, 6) is 0.583. The molecule has 0 aliphatic carbocycles. The predicted molar refractivity (Wildman–Crippen MR) is 119 cm³/mol. The predicted octanol–water partition coefficient (Wildman–Crippen LogP) is 4.73. The highest BCUT2D eigenvalue weighted by molar-refractivity contribution is 6.07. The fourth-order valence-electron chi connectivity index (χ4n) is 4.01. The molecule has 0 radical (unpaired) electrons. The molecule has 0 saturated carbocycles. The number of benzene rings is 3. The maximum atomic E-state index is 13.1. The maximum Gasteiger partial charge on any atom is 0.254 e. The third-order valence-electron chi connectivity index (χ3n) is 5.62. The normalized spacial score (nSPS) is 14.5. The van der Waals surface area contributed by atoms with Gasteiger partial charge in [0.25, 0.3) is 5.91 Å². The molecule has 2 amide bonds. The highest BCUT2D eigenvalue weighted by Gasteiger charge is 2.28. The number of carbonyl (C=O) groups is 2. The molecule has 3 aromatic carbocycles. The van der Waals surface area contributed by atoms with E-state index in [0.717, 1.165) is 16.3 Å². The van der Waals surface area contributed by atoms with Gasteiger partial charge in [-0.3, -0.25) is 9.59 Å². The summed E-state index contributed by atoms with van der Waals surface area (Å²) in [6.45, 7) is 3.61. The number of rotatable bonds is 5. The van der Waals surface area contributed by atoms with Gasteiger partial charge in [-0.05, 0) is 48.7 Å². The van der Waals surface area contributed by atoms with Crippen LogP contribution >= 0.6 is 0 Å². The number of nitrogens with one attached hydrogen (secondary N) is 1. The van der Waals surface area contributed by atoms with Crippen molar-refractivity contribution in [3.8, 4) is 5.75 Å². The van der Waals surface area contributed by atoms with Crippen molar-refractivity contribution in [1.82, 2.24) is 4.90 Å². The fourth-order valence-corrected chi connectivity index (χ4v) is 4.01. The van der Waals surface area contributed by atoms with Crippen LogP contribution in [-0.4, -0.2) is 36.4 Å². The molecule has 5 nitrogen and oxygen atoms in total. The summed E-state index contributed by atoms with van der Waals surface area (Å²) in [5, 5.41) is 5.03. The van der Waals surface area contributed by atoms with Gasteiger partial charge in [-0.25, -0.2) is 0 Å². The van der Waals surface area contributed by atoms with E-state index in [2.05, 4.69) is 5.32 Å². The molecule has 0 atom stereocenters. The van der Waals surface area contributed by atoms with Crippen LogP contribution in [0.1, 0.15) is 30.1 Å². The van der Waals surface area contributed by atoms with Gasteiger partial charge in [0.05, 0.1) is 12.3 Å². The molecule has 1 aliphatic rings. The van der Waals surface area contributed by atoms with Crippen LogP contribution in [0.15, 0.2) is 66.7 Å². The molecule has 1 fully saturated rings. The first-order valence-corrected chi connectivity index (χ1v) is 10.5. The number of carbonyl (C=O) groups excluding carboxylic acids is 2. The van der Waals surface area contributed by atoms with Crippen LogP contribution in [-0.2, 0) is 4.79 Å². The Morgan fingerprint density at radius 3 is 2.47 bits per heavy atom. The minimum atomic E-state index is -0.115. The van der Waals surface area contributed by atoms with E-state index in [-0.39, 0.29) is 17.7 Å². The van der Waals surface area contributed by atoms with Crippen LogP contribution in [0.2, 0.25) is 0 Å². The lowest BCUT2D eigenvalue weighted by Gasteiger charge is -2.31. The molecule has 3 aromatic rings. The molecule has 0 spiro atoms. The smallest absolute Gasteiger partial charge is 0.254 e. The number of amides is 2. The number of hydrogen-bond acceptors (Lipinski definition) is 3. The van der Waals surface area contributed by atoms with Gasteiger partial charge >= 0.3 is 0 Å². The number of anilines is 1. The van der Waals surface area contributed by atoms with Crippen LogP contribution in [0.25, 0.3) is 10.8 Å². The summed E-state index contributed by atoms with van der Waals surface area (Å²) in [5.41, 5.74) is 1.42. The molecule has 1 N–H and O–H groups in total. The third-order valence-corrected chi connectivity index (χ3v) is 5.62. The number of hydrogen-bond donors (Lipinski definition) is 1. The van der Waals surface area contributed by atoms with Gasteiger partial charge in [0.1, 0.15) is 5.75 Å². The number of likely N-dealkylation sites (tertiary alicyclic amines) is 1. The quantitative estimate of drug-likeness (QED) is 0.671. The fraction of sp³-hybridized carbons (Fsp3) is 0.280. The molecule has 1 aliphatic heterocycles. The first kappa shape index (κ1) is 20.0. The van der Waals surface area contributed by atoms with Crippen molar-refractivity contribution < 1.29 is 14.3 Å². The average molecular weight is 402 g/mol. The number of piperidine rings is 1. The first-order valence-electron chi connectivity index (χ1n) is 10.5. The molecule has 0 aromatic heterocycles. The van der Waals surface area contributed by atoms with Gasteiger partial charge in [-0.1, -0.05) is 48.5 Å². The number of nitrogens with zero attached hydrogens (tertiary/aromatic N) is 1. The summed E-state index contributed by atoms with van der Waals surface area (Å²) in [6.07, 6.45) is 1.30. The molecule has 1 saturated heterocycles. The number of fused-ring (bicyclic) bond motifs is 1. The number of ether oxygens (including phenoxy) is 1. The van der Waals surface area contributed by atoms with E-state index in [1.807, 2.05) is 78.6 Å². The number of para-hydroxylation sites is 2. The lowest BCUT2D eigenvalue weighted by Crippen LogP contribution is -2.41. The van der Waals surface area contributed by atoms with Crippen molar-refractivity contribution in [3.05, 3.63) is 72.3 Å². The van der Waals surface area contributed by atoms with Crippen molar-refractivity contribution in [2.24, 2.45) is 5.92 Å². The zero-order chi connectivity index (χ0) is 20.9. The zero-order valence-corrected chi connectivity index (χ0v) is 17.1. The minimum absolute atomic E-state index is 0.0144. The van der Waals surface area contributed by atoms with E-state index in [1.54, 1.807) is 0 Å². The summed E-state index contributed by atoms with van der Waals surface area (Å²) >= 11 is 0. The third kappa shape index (κ3) is 4.15. The minimum Gasteiger partial charge on any atom is -0.492 e. The van der Waals surface area contributed by atoms with E-state index in [9.17, 15) is 9.59 Å². The standard InChI is InChI=1S/C25H26N2O3/c1-2-30-23-13-6-5-12-22(23)26-24(28)19-14-16-27(17-15-19)25(29)21-11-7-9-18-8-3-4-10-20(18)21/h3-13,19H,2,14-17H2,1H3,(H,26,28). The molecular formula is C25H26N2O3. The van der Waals surface area contributed by atoms with Gasteiger partial charge in [-0.2, -0.15) is 0 Å². The zero-order valence-electron chi connectivity index (χ0n) is 17.1. The Hall–Kier alpha value is -3.34. The van der Waals surface area contributed by atoms with Crippen LogP contribution in [0, 0.1) is 5.92 Å². The second kappa shape index (κ2) is 8.99. The van der Waals surface area contributed by atoms with Crippen molar-refractivity contribution in [2.75, 3.05) is 25.0 Å². The topological polar surface area (TPSA) is 58.6 Å². The second-order valence-electron chi connectivity index (χ2n) is 7.51. The molecular weight excluding hydrogens is 376 g/mol. The summed E-state index contributed by atoms with van der Waals surface area (Å²) < 4.78 is 5.59. The van der Waals surface area contributed by atoms with Crippen molar-refractivity contribution >= 4 is 28.3 Å². The van der Waals surface area contributed by atoms with Crippen LogP contribution in [0.3, 0.4) is 0 Å². The Labute approximate surface area is 176 Å². The highest BCUT2D eigenvalue weighted by Crippen LogP contribution is 2.27. The van der Waals surface area contributed by atoms with Gasteiger partial charge in [0.15, 0.2) is 0 Å². The van der Waals surface area contributed by atoms with E-state index >= 15 is 0 Å². The summed E-state index contributed by atoms with van der Waals surface area (Å²) in [4.78, 5) is 27.7. The SMILES string of the molecule is CCOc1ccccc1NC(=O)C1CCN(C(=O)c2cccc3ccccc23)CC1. The average Bonchev–Trinajstić information content (AvgIpc) is 2.80. The van der Waals surface area contributed by atoms with Crippen LogP contribution in [0.4, 0.5) is 5.69 Å². The van der Waals surface area contributed by atoms with Crippen molar-refractivity contribution in [2.45, 2.75) is 19.8 Å². The summed E-state index contributed by atoms with van der Waals surface area (Å²) in [7, 11) is 0. The maximum absolute atomic E-state index is 13.1. The Morgan fingerprint density at radius 2 is 1.67 bits per heavy atom. The molecule has 5 heteroatoms. The van der Waals surface area contributed by atoms with Crippen LogP contribution < -0.4 is 10.1 Å². The Balaban J connectivity index is 1.40. The van der Waals surface area contributed by atoms with Crippen molar-refractivity contribution in [3.63, 3.8) is 0 Å². The Kier molecular flexibility index (Phi) is 5.98. The molecule has 154 valence electrons. The monoisotopic (exact) mass is 402 g/mol. The van der Waals surface area contributed by atoms with Gasteiger partial charge in [0.2, 0.25) is 5.91 Å². The molecule has 0 bridgehead atoms. The Morgan fingerprint density at radius 1 is 0.967 bits per heavy atom. The first-order chi connectivity index (χ1) is 14.7. The van der Waals surface area contributed by atoms with Gasteiger partial charge in [0, 0.05) is 24.6 Å². The molecule has 4 rings (SSSR count). The van der Waals surface area contributed by atoms with Gasteiger partial charge in [-0.15, -0.1) is 0 Å². The Bertz CT molecular complexity index is 1050. The van der Waals surface area contributed by atoms with E-state index in [0.29, 0.717) is 44.0 Å². The molecule has 1 heterocycles. The molecule has 0 unspecified atom stereocenters. The van der Waals surface area contributed by atoms with Crippen LogP contribution in [0.5, 0.6) is 5.75 Å². The lowest BCUT2D eigenvalue weighted by molar-refractivity contribution is -0.121. The lowest BCUT2D eigenvalue weighted by atomic mass is 9.94. The van der Waals surface area contributed by atoms with Crippen molar-refractivity contribution in [1.29, 1.82) is 0 Å². The summed E-state index contributed by atoms with van der Waals surface area (Å²) in [6, 6.07) is 21.2. The second-order valence-corrected chi connectivity index (χ2v) is 7.51. The van der Waals surface area contributed by atoms with E-state index < -0.39 is 0 Å². The highest BCUT2D eigenvalue weighted by atomic mass is 16.5.